The SMILES string of the molecule is Cc1nc2n(c1C)CCN(CCCC(=O)NC(N)=O)C2. The lowest BCUT2D eigenvalue weighted by Gasteiger charge is -2.28. The van der Waals surface area contributed by atoms with Crippen molar-refractivity contribution in [2.24, 2.45) is 5.73 Å². The van der Waals surface area contributed by atoms with Crippen LogP contribution in [-0.4, -0.2) is 39.5 Å². The van der Waals surface area contributed by atoms with E-state index in [-0.39, 0.29) is 5.91 Å². The number of nitrogens with zero attached hydrogens (tertiary/aromatic N) is 3. The summed E-state index contributed by atoms with van der Waals surface area (Å²) >= 11 is 0. The quantitative estimate of drug-likeness (QED) is 0.828. The second kappa shape index (κ2) is 6.04. The van der Waals surface area contributed by atoms with Crippen LogP contribution >= 0.6 is 0 Å². The zero-order chi connectivity index (χ0) is 14.7. The fourth-order valence-corrected chi connectivity index (χ4v) is 2.52. The molecule has 1 aliphatic rings. The Hall–Kier alpha value is -1.89. The van der Waals surface area contributed by atoms with E-state index in [1.165, 1.54) is 5.69 Å². The Morgan fingerprint density at radius 3 is 2.80 bits per heavy atom. The van der Waals surface area contributed by atoms with E-state index in [4.69, 9.17) is 5.73 Å². The van der Waals surface area contributed by atoms with Crippen LogP contribution in [-0.2, 0) is 17.9 Å². The number of hydrogen-bond acceptors (Lipinski definition) is 4. The van der Waals surface area contributed by atoms with Crippen molar-refractivity contribution in [3.8, 4) is 0 Å². The van der Waals surface area contributed by atoms with Gasteiger partial charge in [0.25, 0.3) is 0 Å². The van der Waals surface area contributed by atoms with Crippen LogP contribution < -0.4 is 11.1 Å². The highest BCUT2D eigenvalue weighted by atomic mass is 16.2. The number of primary amides is 1. The largest absolute Gasteiger partial charge is 0.351 e. The third kappa shape index (κ3) is 3.36. The number of aromatic nitrogens is 2. The first kappa shape index (κ1) is 14.5. The molecule has 0 bridgehead atoms. The number of fused-ring (bicyclic) bond motifs is 1. The number of nitrogens with two attached hydrogens (primary N) is 1. The van der Waals surface area contributed by atoms with Crippen LogP contribution in [0.4, 0.5) is 4.79 Å². The standard InChI is InChI=1S/C13H21N5O2/c1-9-10(2)18-7-6-17(8-11(18)15-9)5-3-4-12(19)16-13(14)20/h3-8H2,1-2H3,(H3,14,16,19,20). The molecular weight excluding hydrogens is 258 g/mol. The number of urea groups is 1. The average molecular weight is 279 g/mol. The summed E-state index contributed by atoms with van der Waals surface area (Å²) in [4.78, 5) is 28.7. The number of carbonyl (C=O) groups is 2. The fraction of sp³-hybridized carbons (Fsp3) is 0.615. The second-order valence-corrected chi connectivity index (χ2v) is 5.14. The second-order valence-electron chi connectivity index (χ2n) is 5.14. The molecule has 0 unspecified atom stereocenters. The van der Waals surface area contributed by atoms with Gasteiger partial charge in [-0.05, 0) is 26.8 Å². The molecule has 3 amide bonds. The summed E-state index contributed by atoms with van der Waals surface area (Å²) in [6.07, 6.45) is 1.02. The molecule has 0 radical (unpaired) electrons. The van der Waals surface area contributed by atoms with Gasteiger partial charge in [0.2, 0.25) is 5.91 Å². The summed E-state index contributed by atoms with van der Waals surface area (Å²) in [7, 11) is 0. The molecule has 110 valence electrons. The summed E-state index contributed by atoms with van der Waals surface area (Å²) in [5, 5.41) is 2.07. The number of imide groups is 1. The van der Waals surface area contributed by atoms with Crippen LogP contribution in [0.25, 0.3) is 0 Å². The first-order chi connectivity index (χ1) is 9.47. The van der Waals surface area contributed by atoms with Crippen molar-refractivity contribution in [2.45, 2.75) is 39.8 Å². The molecule has 0 spiro atoms. The highest BCUT2D eigenvalue weighted by Crippen LogP contribution is 2.17. The van der Waals surface area contributed by atoms with Crippen LogP contribution in [0.1, 0.15) is 30.1 Å². The first-order valence-corrected chi connectivity index (χ1v) is 6.81. The molecule has 0 aliphatic carbocycles. The number of rotatable bonds is 4. The Labute approximate surface area is 118 Å². The molecule has 1 aromatic rings. The van der Waals surface area contributed by atoms with Crippen molar-refractivity contribution in [3.05, 3.63) is 17.2 Å². The van der Waals surface area contributed by atoms with Crippen LogP contribution in [0, 0.1) is 13.8 Å². The van der Waals surface area contributed by atoms with E-state index in [0.29, 0.717) is 12.8 Å². The molecule has 1 aliphatic heterocycles. The maximum absolute atomic E-state index is 11.3. The maximum Gasteiger partial charge on any atom is 0.318 e. The molecule has 0 fully saturated rings. The predicted molar refractivity (Wildman–Crippen MR) is 73.9 cm³/mol. The minimum absolute atomic E-state index is 0.311. The van der Waals surface area contributed by atoms with E-state index >= 15 is 0 Å². The number of carbonyl (C=O) groups excluding carboxylic acids is 2. The van der Waals surface area contributed by atoms with Gasteiger partial charge in [-0.15, -0.1) is 0 Å². The topological polar surface area (TPSA) is 93.2 Å². The van der Waals surface area contributed by atoms with Gasteiger partial charge in [-0.25, -0.2) is 9.78 Å². The van der Waals surface area contributed by atoms with E-state index in [9.17, 15) is 9.59 Å². The highest BCUT2D eigenvalue weighted by molar-refractivity contribution is 5.93. The summed E-state index contributed by atoms with van der Waals surface area (Å²) in [5.74, 6) is 0.774. The van der Waals surface area contributed by atoms with E-state index in [0.717, 1.165) is 37.7 Å². The fourth-order valence-electron chi connectivity index (χ4n) is 2.52. The number of nitrogens with one attached hydrogen (secondary N) is 1. The van der Waals surface area contributed by atoms with Gasteiger partial charge in [0, 0.05) is 25.2 Å². The lowest BCUT2D eigenvalue weighted by Crippen LogP contribution is -2.37. The normalized spacial score (nSPS) is 14.9. The van der Waals surface area contributed by atoms with Crippen molar-refractivity contribution in [1.29, 1.82) is 0 Å². The Bertz CT molecular complexity index is 523. The minimum atomic E-state index is -0.791. The van der Waals surface area contributed by atoms with Crippen LogP contribution in [0.15, 0.2) is 0 Å². The van der Waals surface area contributed by atoms with Gasteiger partial charge < -0.3 is 10.3 Å². The lowest BCUT2D eigenvalue weighted by atomic mass is 10.2. The van der Waals surface area contributed by atoms with E-state index in [1.54, 1.807) is 0 Å². The molecule has 2 heterocycles. The van der Waals surface area contributed by atoms with Gasteiger partial charge in [0.05, 0.1) is 12.2 Å². The number of imidazole rings is 1. The van der Waals surface area contributed by atoms with Gasteiger partial charge in [-0.2, -0.15) is 0 Å². The Balaban J connectivity index is 1.79. The molecule has 2 rings (SSSR count). The number of hydrogen-bond donors (Lipinski definition) is 2. The predicted octanol–water partition coefficient (Wildman–Crippen LogP) is 0.291. The Morgan fingerprint density at radius 1 is 1.35 bits per heavy atom. The van der Waals surface area contributed by atoms with Gasteiger partial charge in [0.15, 0.2) is 0 Å². The summed E-state index contributed by atoms with van der Waals surface area (Å²) < 4.78 is 2.26. The van der Waals surface area contributed by atoms with Crippen LogP contribution in [0.2, 0.25) is 0 Å². The number of aryl methyl sites for hydroxylation is 1. The molecule has 0 aromatic carbocycles. The van der Waals surface area contributed by atoms with Crippen molar-refractivity contribution >= 4 is 11.9 Å². The molecule has 0 saturated heterocycles. The third-order valence-electron chi connectivity index (χ3n) is 3.68. The lowest BCUT2D eigenvalue weighted by molar-refractivity contribution is -0.120. The van der Waals surface area contributed by atoms with Crippen LogP contribution in [0.3, 0.4) is 0 Å². The zero-order valence-corrected chi connectivity index (χ0v) is 12.0. The number of amides is 3. The van der Waals surface area contributed by atoms with E-state index in [2.05, 4.69) is 26.7 Å². The molecule has 7 nitrogen and oxygen atoms in total. The first-order valence-electron chi connectivity index (χ1n) is 6.81. The Kier molecular flexibility index (Phi) is 4.39. The van der Waals surface area contributed by atoms with Gasteiger partial charge in [-0.1, -0.05) is 0 Å². The van der Waals surface area contributed by atoms with E-state index in [1.807, 2.05) is 6.92 Å². The molecule has 1 aromatic heterocycles. The van der Waals surface area contributed by atoms with Crippen LogP contribution in [0.5, 0.6) is 0 Å². The van der Waals surface area contributed by atoms with Gasteiger partial charge in [-0.3, -0.25) is 15.0 Å². The molecule has 20 heavy (non-hydrogen) atoms. The zero-order valence-electron chi connectivity index (χ0n) is 12.0. The summed E-state index contributed by atoms with van der Waals surface area (Å²) in [6, 6.07) is -0.791. The molecule has 3 N–H and O–H groups in total. The van der Waals surface area contributed by atoms with Crippen molar-refractivity contribution in [1.82, 2.24) is 19.8 Å². The van der Waals surface area contributed by atoms with Gasteiger partial charge in [0.1, 0.15) is 5.82 Å². The molecule has 0 atom stereocenters. The smallest absolute Gasteiger partial charge is 0.318 e. The Morgan fingerprint density at radius 2 is 2.10 bits per heavy atom. The van der Waals surface area contributed by atoms with Crippen molar-refractivity contribution in [2.75, 3.05) is 13.1 Å². The molecule has 0 saturated carbocycles. The van der Waals surface area contributed by atoms with Gasteiger partial charge >= 0.3 is 6.03 Å². The van der Waals surface area contributed by atoms with Crippen molar-refractivity contribution < 1.29 is 9.59 Å². The minimum Gasteiger partial charge on any atom is -0.351 e. The monoisotopic (exact) mass is 279 g/mol. The van der Waals surface area contributed by atoms with E-state index < -0.39 is 6.03 Å². The maximum atomic E-state index is 11.3. The third-order valence-corrected chi connectivity index (χ3v) is 3.68. The summed E-state index contributed by atoms with van der Waals surface area (Å²) in [6.45, 7) is 7.65. The average Bonchev–Trinajstić information content (AvgIpc) is 2.64. The highest BCUT2D eigenvalue weighted by Gasteiger charge is 2.20. The molecule has 7 heteroatoms. The van der Waals surface area contributed by atoms with Crippen molar-refractivity contribution in [3.63, 3.8) is 0 Å². The molecular formula is C13H21N5O2. The summed E-state index contributed by atoms with van der Waals surface area (Å²) in [5.41, 5.74) is 7.21.